The molecule has 0 spiro atoms. The molecule has 0 aliphatic carbocycles. The molecule has 0 aromatic carbocycles. The van der Waals surface area contributed by atoms with Gasteiger partial charge in [0, 0.05) is 14.2 Å². The zero-order chi connectivity index (χ0) is 12.2. The van der Waals surface area contributed by atoms with E-state index in [9.17, 15) is 4.79 Å². The molecule has 1 fully saturated rings. The van der Waals surface area contributed by atoms with E-state index in [-0.39, 0.29) is 17.5 Å². The first-order chi connectivity index (χ1) is 7.57. The third-order valence-corrected chi connectivity index (χ3v) is 3.65. The molecule has 1 N–H and O–H groups in total. The predicted molar refractivity (Wildman–Crippen MR) is 64.4 cm³/mol. The van der Waals surface area contributed by atoms with Gasteiger partial charge in [0.1, 0.15) is 0 Å². The van der Waals surface area contributed by atoms with Crippen molar-refractivity contribution >= 4 is 5.91 Å². The Morgan fingerprint density at radius 1 is 1.62 bits per heavy atom. The summed E-state index contributed by atoms with van der Waals surface area (Å²) in [4.78, 5) is 14.2. The minimum atomic E-state index is -0.323. The number of hydrogen-bond acceptors (Lipinski definition) is 3. The molecule has 0 aromatic rings. The highest BCUT2D eigenvalue weighted by atomic mass is 16.5. The van der Waals surface area contributed by atoms with Gasteiger partial charge in [-0.15, -0.1) is 0 Å². The first-order valence-corrected chi connectivity index (χ1v) is 6.08. The molecule has 1 amide bonds. The summed E-state index contributed by atoms with van der Waals surface area (Å²) in [5.41, 5.74) is -0.323. The summed E-state index contributed by atoms with van der Waals surface area (Å²) in [5, 5.41) is 3.37. The molecule has 4 heteroatoms. The fourth-order valence-electron chi connectivity index (χ4n) is 2.33. The summed E-state index contributed by atoms with van der Waals surface area (Å²) < 4.78 is 5.09. The Morgan fingerprint density at radius 3 is 2.75 bits per heavy atom. The van der Waals surface area contributed by atoms with Gasteiger partial charge in [-0.1, -0.05) is 6.92 Å². The lowest BCUT2D eigenvalue weighted by Crippen LogP contribution is -2.56. The molecule has 0 bridgehead atoms. The molecule has 94 valence electrons. The van der Waals surface area contributed by atoms with Crippen LogP contribution in [0.25, 0.3) is 0 Å². The number of methoxy groups -OCH3 is 1. The van der Waals surface area contributed by atoms with Crippen LogP contribution in [0.4, 0.5) is 0 Å². The second-order valence-corrected chi connectivity index (χ2v) is 4.69. The van der Waals surface area contributed by atoms with E-state index >= 15 is 0 Å². The van der Waals surface area contributed by atoms with Crippen LogP contribution in [0.15, 0.2) is 0 Å². The fraction of sp³-hybridized carbons (Fsp3) is 0.917. The normalized spacial score (nSPS) is 26.8. The van der Waals surface area contributed by atoms with Crippen LogP contribution in [-0.2, 0) is 9.53 Å². The minimum absolute atomic E-state index is 0.128. The molecule has 1 aliphatic rings. The molecule has 0 radical (unpaired) electrons. The second-order valence-electron chi connectivity index (χ2n) is 4.69. The molecule has 1 rings (SSSR count). The zero-order valence-electron chi connectivity index (χ0n) is 10.9. The lowest BCUT2D eigenvalue weighted by atomic mass is 9.92. The van der Waals surface area contributed by atoms with E-state index in [1.165, 1.54) is 0 Å². The van der Waals surface area contributed by atoms with Crippen LogP contribution in [0.5, 0.6) is 0 Å². The number of nitrogens with zero attached hydrogens (tertiary/aromatic N) is 1. The number of ether oxygens (including phenoxy) is 1. The van der Waals surface area contributed by atoms with Crippen LogP contribution in [-0.4, -0.2) is 49.7 Å². The Balaban J connectivity index is 2.67. The Bertz CT molecular complexity index is 237. The molecule has 16 heavy (non-hydrogen) atoms. The van der Waals surface area contributed by atoms with E-state index in [2.05, 4.69) is 12.2 Å². The molecular formula is C12H24N2O2. The van der Waals surface area contributed by atoms with Gasteiger partial charge in [0.25, 0.3) is 0 Å². The highest BCUT2D eigenvalue weighted by Crippen LogP contribution is 2.25. The van der Waals surface area contributed by atoms with Crippen LogP contribution >= 0.6 is 0 Å². The van der Waals surface area contributed by atoms with E-state index < -0.39 is 0 Å². The Kier molecular flexibility index (Phi) is 4.74. The molecule has 1 saturated heterocycles. The van der Waals surface area contributed by atoms with E-state index in [4.69, 9.17) is 4.74 Å². The molecule has 1 heterocycles. The van der Waals surface area contributed by atoms with Crippen molar-refractivity contribution in [3.8, 4) is 0 Å². The van der Waals surface area contributed by atoms with Crippen molar-refractivity contribution in [2.75, 3.05) is 27.3 Å². The Morgan fingerprint density at radius 2 is 2.31 bits per heavy atom. The largest absolute Gasteiger partial charge is 0.383 e. The lowest BCUT2D eigenvalue weighted by molar-refractivity contribution is -0.139. The fourth-order valence-corrected chi connectivity index (χ4v) is 2.33. The number of amides is 1. The van der Waals surface area contributed by atoms with Crippen molar-refractivity contribution in [2.24, 2.45) is 0 Å². The average molecular weight is 228 g/mol. The summed E-state index contributed by atoms with van der Waals surface area (Å²) in [6.45, 7) is 5.62. The molecule has 2 unspecified atom stereocenters. The highest BCUT2D eigenvalue weighted by Gasteiger charge is 2.41. The van der Waals surface area contributed by atoms with E-state index in [0.29, 0.717) is 6.61 Å². The number of likely N-dealkylation sites (N-methyl/N-ethyl adjacent to an activating group) is 1. The van der Waals surface area contributed by atoms with Crippen molar-refractivity contribution in [2.45, 2.75) is 44.7 Å². The maximum atomic E-state index is 12.4. The highest BCUT2D eigenvalue weighted by molar-refractivity contribution is 5.86. The molecule has 2 atom stereocenters. The van der Waals surface area contributed by atoms with Crippen LogP contribution < -0.4 is 5.32 Å². The summed E-state index contributed by atoms with van der Waals surface area (Å²) in [6.07, 6.45) is 2.90. The predicted octanol–water partition coefficient (Wildman–Crippen LogP) is 1.01. The summed E-state index contributed by atoms with van der Waals surface area (Å²) >= 11 is 0. The maximum Gasteiger partial charge on any atom is 0.242 e. The number of hydrogen-bond donors (Lipinski definition) is 1. The third kappa shape index (κ3) is 2.55. The van der Waals surface area contributed by atoms with Crippen LogP contribution in [0, 0.1) is 0 Å². The Hall–Kier alpha value is -0.610. The number of nitrogens with one attached hydrogen (secondary N) is 1. The minimum Gasteiger partial charge on any atom is -0.383 e. The van der Waals surface area contributed by atoms with Crippen molar-refractivity contribution in [3.63, 3.8) is 0 Å². The van der Waals surface area contributed by atoms with Crippen molar-refractivity contribution in [3.05, 3.63) is 0 Å². The molecule has 4 nitrogen and oxygen atoms in total. The van der Waals surface area contributed by atoms with E-state index in [0.717, 1.165) is 25.8 Å². The van der Waals surface area contributed by atoms with Gasteiger partial charge in [-0.25, -0.2) is 0 Å². The first-order valence-electron chi connectivity index (χ1n) is 6.08. The Labute approximate surface area is 98.3 Å². The van der Waals surface area contributed by atoms with Gasteiger partial charge in [0.2, 0.25) is 5.91 Å². The quantitative estimate of drug-likeness (QED) is 0.763. The van der Waals surface area contributed by atoms with Gasteiger partial charge in [-0.3, -0.25) is 4.79 Å². The summed E-state index contributed by atoms with van der Waals surface area (Å²) in [7, 11) is 3.53. The van der Waals surface area contributed by atoms with Gasteiger partial charge < -0.3 is 15.0 Å². The molecule has 0 aromatic heterocycles. The van der Waals surface area contributed by atoms with Crippen molar-refractivity contribution in [1.82, 2.24) is 10.2 Å². The number of carbonyl (C=O) groups excluding carboxylic acids is 1. The van der Waals surface area contributed by atoms with Crippen molar-refractivity contribution in [1.29, 1.82) is 0 Å². The monoisotopic (exact) mass is 228 g/mol. The number of rotatable bonds is 5. The molecule has 1 aliphatic heterocycles. The summed E-state index contributed by atoms with van der Waals surface area (Å²) in [6, 6.07) is 0.128. The standard InChI is InChI=1S/C12H24N2O2/c1-5-12(7-6-8-13-12)11(15)14(3)10(2)9-16-4/h10,13H,5-9H2,1-4H3. The van der Waals surface area contributed by atoms with Crippen LogP contribution in [0.3, 0.4) is 0 Å². The first kappa shape index (κ1) is 13.5. The van der Waals surface area contributed by atoms with E-state index in [1.54, 1.807) is 7.11 Å². The van der Waals surface area contributed by atoms with E-state index in [1.807, 2.05) is 18.9 Å². The SMILES string of the molecule is CCC1(C(=O)N(C)C(C)COC)CCCN1. The van der Waals surface area contributed by atoms with Gasteiger partial charge in [-0.2, -0.15) is 0 Å². The molecular weight excluding hydrogens is 204 g/mol. The lowest BCUT2D eigenvalue weighted by Gasteiger charge is -2.34. The smallest absolute Gasteiger partial charge is 0.242 e. The van der Waals surface area contributed by atoms with Gasteiger partial charge in [0.05, 0.1) is 18.2 Å². The van der Waals surface area contributed by atoms with Crippen molar-refractivity contribution < 1.29 is 9.53 Å². The zero-order valence-corrected chi connectivity index (χ0v) is 10.9. The third-order valence-electron chi connectivity index (χ3n) is 3.65. The maximum absolute atomic E-state index is 12.4. The van der Waals surface area contributed by atoms with Gasteiger partial charge >= 0.3 is 0 Å². The van der Waals surface area contributed by atoms with Gasteiger partial charge in [0.15, 0.2) is 0 Å². The summed E-state index contributed by atoms with van der Waals surface area (Å²) in [5.74, 6) is 0.206. The second kappa shape index (κ2) is 5.64. The topological polar surface area (TPSA) is 41.6 Å². The number of carbonyl (C=O) groups is 1. The van der Waals surface area contributed by atoms with Crippen LogP contribution in [0.1, 0.15) is 33.1 Å². The molecule has 0 saturated carbocycles. The van der Waals surface area contributed by atoms with Gasteiger partial charge in [-0.05, 0) is 32.7 Å². The van der Waals surface area contributed by atoms with Crippen LogP contribution in [0.2, 0.25) is 0 Å². The average Bonchev–Trinajstić information content (AvgIpc) is 2.77.